The van der Waals surface area contributed by atoms with E-state index >= 15 is 0 Å². The topological polar surface area (TPSA) is 24.1 Å². The normalized spacial score (nSPS) is 15.2. The lowest BCUT2D eigenvalue weighted by molar-refractivity contribution is 0.625. The van der Waals surface area contributed by atoms with Crippen molar-refractivity contribution in [2.75, 3.05) is 0 Å². The molecule has 0 amide bonds. The van der Waals surface area contributed by atoms with Gasteiger partial charge in [0.15, 0.2) is 5.11 Å². The molecule has 1 atom stereocenters. The lowest BCUT2D eigenvalue weighted by Gasteiger charge is -2.23. The molecule has 2 N–H and O–H groups in total. The van der Waals surface area contributed by atoms with Gasteiger partial charge in [0.05, 0.1) is 6.04 Å². The van der Waals surface area contributed by atoms with Crippen LogP contribution >= 0.6 is 23.8 Å². The van der Waals surface area contributed by atoms with Crippen molar-refractivity contribution < 1.29 is 4.39 Å². The zero-order chi connectivity index (χ0) is 15.5. The van der Waals surface area contributed by atoms with Gasteiger partial charge in [0.25, 0.3) is 0 Å². The molecule has 3 rings (SSSR count). The van der Waals surface area contributed by atoms with Crippen LogP contribution in [0.2, 0.25) is 5.02 Å². The largest absolute Gasteiger partial charge is 0.360 e. The predicted molar refractivity (Wildman–Crippen MR) is 91.6 cm³/mol. The molecule has 1 aliphatic rings. The van der Waals surface area contributed by atoms with Crippen LogP contribution in [0.1, 0.15) is 30.0 Å². The van der Waals surface area contributed by atoms with Crippen LogP contribution in [0.5, 0.6) is 0 Å². The molecule has 1 saturated carbocycles. The van der Waals surface area contributed by atoms with Crippen LogP contribution in [0.3, 0.4) is 0 Å². The van der Waals surface area contributed by atoms with Crippen LogP contribution in [0.4, 0.5) is 4.39 Å². The molecule has 2 nitrogen and oxygen atoms in total. The molecular weight excluding hydrogens is 319 g/mol. The van der Waals surface area contributed by atoms with E-state index in [1.807, 2.05) is 24.3 Å². The Balaban J connectivity index is 1.88. The third kappa shape index (κ3) is 3.76. The SMILES string of the molecule is Fc1ccc(C(NC(=S)NC2CC2)c2ccccc2Cl)cc1. The van der Waals surface area contributed by atoms with E-state index in [1.54, 1.807) is 12.1 Å². The monoisotopic (exact) mass is 334 g/mol. The average Bonchev–Trinajstić information content (AvgIpc) is 3.31. The van der Waals surface area contributed by atoms with Crippen molar-refractivity contribution in [2.24, 2.45) is 0 Å². The van der Waals surface area contributed by atoms with Gasteiger partial charge in [-0.1, -0.05) is 41.9 Å². The second-order valence-electron chi connectivity index (χ2n) is 5.40. The van der Waals surface area contributed by atoms with Crippen LogP contribution in [0.25, 0.3) is 0 Å². The summed E-state index contributed by atoms with van der Waals surface area (Å²) in [7, 11) is 0. The Morgan fingerprint density at radius 2 is 1.82 bits per heavy atom. The van der Waals surface area contributed by atoms with E-state index in [0.717, 1.165) is 24.0 Å². The Bertz CT molecular complexity index is 671. The molecule has 0 aliphatic heterocycles. The molecule has 1 unspecified atom stereocenters. The summed E-state index contributed by atoms with van der Waals surface area (Å²) in [6.07, 6.45) is 2.30. The minimum atomic E-state index is -0.264. The van der Waals surface area contributed by atoms with Crippen molar-refractivity contribution in [1.29, 1.82) is 0 Å². The third-order valence-electron chi connectivity index (χ3n) is 3.61. The molecule has 1 fully saturated rings. The molecule has 2 aromatic rings. The Morgan fingerprint density at radius 1 is 1.14 bits per heavy atom. The van der Waals surface area contributed by atoms with Gasteiger partial charge in [-0.3, -0.25) is 0 Å². The van der Waals surface area contributed by atoms with Crippen molar-refractivity contribution in [1.82, 2.24) is 10.6 Å². The van der Waals surface area contributed by atoms with E-state index < -0.39 is 0 Å². The first-order chi connectivity index (χ1) is 10.6. The average molecular weight is 335 g/mol. The van der Waals surface area contributed by atoms with Gasteiger partial charge in [0.1, 0.15) is 5.82 Å². The quantitative estimate of drug-likeness (QED) is 0.820. The standard InChI is InChI=1S/C17H16ClFN2S/c18-15-4-2-1-3-14(15)16(11-5-7-12(19)8-6-11)21-17(22)20-13-9-10-13/h1-8,13,16H,9-10H2,(H2,20,21,22). The van der Waals surface area contributed by atoms with E-state index in [-0.39, 0.29) is 11.9 Å². The highest BCUT2D eigenvalue weighted by molar-refractivity contribution is 7.80. The predicted octanol–water partition coefficient (Wildman–Crippen LogP) is 4.20. The van der Waals surface area contributed by atoms with E-state index in [1.165, 1.54) is 12.1 Å². The summed E-state index contributed by atoms with van der Waals surface area (Å²) < 4.78 is 13.2. The van der Waals surface area contributed by atoms with Crippen LogP contribution in [-0.4, -0.2) is 11.2 Å². The first-order valence-corrected chi connectivity index (χ1v) is 7.99. The fraction of sp³-hybridized carbons (Fsp3) is 0.235. The summed E-state index contributed by atoms with van der Waals surface area (Å²) in [6.45, 7) is 0. The van der Waals surface area contributed by atoms with Crippen molar-refractivity contribution in [2.45, 2.75) is 24.9 Å². The number of hydrogen-bond donors (Lipinski definition) is 2. The van der Waals surface area contributed by atoms with Gasteiger partial charge in [0, 0.05) is 11.1 Å². The number of thiocarbonyl (C=S) groups is 1. The Morgan fingerprint density at radius 3 is 2.45 bits per heavy atom. The smallest absolute Gasteiger partial charge is 0.167 e. The van der Waals surface area contributed by atoms with E-state index in [4.69, 9.17) is 23.8 Å². The fourth-order valence-electron chi connectivity index (χ4n) is 2.29. The Kier molecular flexibility index (Phi) is 4.60. The summed E-state index contributed by atoms with van der Waals surface area (Å²) in [5.41, 5.74) is 1.82. The van der Waals surface area contributed by atoms with Crippen LogP contribution in [-0.2, 0) is 0 Å². The highest BCUT2D eigenvalue weighted by Crippen LogP contribution is 2.28. The lowest BCUT2D eigenvalue weighted by atomic mass is 9.99. The third-order valence-corrected chi connectivity index (χ3v) is 4.19. The van der Waals surface area contributed by atoms with Crippen LogP contribution in [0, 0.1) is 5.82 Å². The van der Waals surface area contributed by atoms with E-state index in [2.05, 4.69) is 10.6 Å². The summed E-state index contributed by atoms with van der Waals surface area (Å²) in [5.74, 6) is -0.264. The van der Waals surface area contributed by atoms with Gasteiger partial charge >= 0.3 is 0 Å². The van der Waals surface area contributed by atoms with Gasteiger partial charge in [0.2, 0.25) is 0 Å². The number of benzene rings is 2. The zero-order valence-corrected chi connectivity index (χ0v) is 13.4. The van der Waals surface area contributed by atoms with Gasteiger partial charge in [-0.05, 0) is 54.4 Å². The minimum Gasteiger partial charge on any atom is -0.360 e. The van der Waals surface area contributed by atoms with Gasteiger partial charge < -0.3 is 10.6 Å². The summed E-state index contributed by atoms with van der Waals surface area (Å²) in [5, 5.41) is 7.80. The number of nitrogens with one attached hydrogen (secondary N) is 2. The highest BCUT2D eigenvalue weighted by Gasteiger charge is 2.24. The maximum absolute atomic E-state index is 13.2. The van der Waals surface area contributed by atoms with Gasteiger partial charge in [-0.15, -0.1) is 0 Å². The molecule has 0 radical (unpaired) electrons. The molecule has 0 heterocycles. The van der Waals surface area contributed by atoms with Crippen molar-refractivity contribution in [3.63, 3.8) is 0 Å². The molecular formula is C17H16ClFN2S. The number of hydrogen-bond acceptors (Lipinski definition) is 1. The molecule has 22 heavy (non-hydrogen) atoms. The van der Waals surface area contributed by atoms with Gasteiger partial charge in [-0.25, -0.2) is 4.39 Å². The molecule has 1 aliphatic carbocycles. The van der Waals surface area contributed by atoms with Crippen LogP contribution < -0.4 is 10.6 Å². The maximum atomic E-state index is 13.2. The molecule has 2 aromatic carbocycles. The van der Waals surface area contributed by atoms with Crippen LogP contribution in [0.15, 0.2) is 48.5 Å². The van der Waals surface area contributed by atoms with E-state index in [9.17, 15) is 4.39 Å². The van der Waals surface area contributed by atoms with Crippen molar-refractivity contribution >= 4 is 28.9 Å². The fourth-order valence-corrected chi connectivity index (χ4v) is 2.82. The zero-order valence-electron chi connectivity index (χ0n) is 11.9. The minimum absolute atomic E-state index is 0.215. The summed E-state index contributed by atoms with van der Waals surface area (Å²) in [4.78, 5) is 0. The summed E-state index contributed by atoms with van der Waals surface area (Å²) in [6, 6.07) is 14.2. The Hall–Kier alpha value is -1.65. The lowest BCUT2D eigenvalue weighted by Crippen LogP contribution is -2.39. The Labute approximate surface area is 139 Å². The molecule has 0 bridgehead atoms. The summed E-state index contributed by atoms with van der Waals surface area (Å²) >= 11 is 11.7. The molecule has 0 spiro atoms. The maximum Gasteiger partial charge on any atom is 0.167 e. The van der Waals surface area contributed by atoms with Crippen molar-refractivity contribution in [3.05, 3.63) is 70.5 Å². The second kappa shape index (κ2) is 6.63. The first-order valence-electron chi connectivity index (χ1n) is 7.20. The molecule has 0 saturated heterocycles. The number of rotatable bonds is 4. The second-order valence-corrected chi connectivity index (χ2v) is 6.21. The number of halogens is 2. The van der Waals surface area contributed by atoms with Gasteiger partial charge in [-0.2, -0.15) is 0 Å². The van der Waals surface area contributed by atoms with Crippen molar-refractivity contribution in [3.8, 4) is 0 Å². The molecule has 0 aromatic heterocycles. The molecule has 5 heteroatoms. The van der Waals surface area contributed by atoms with E-state index in [0.29, 0.717) is 16.2 Å². The molecule has 114 valence electrons. The highest BCUT2D eigenvalue weighted by atomic mass is 35.5. The first kappa shape index (κ1) is 15.3.